The third kappa shape index (κ3) is 4.23. The number of carbonyl (C=O) groups excluding carboxylic acids is 2. The molecule has 0 amide bonds. The minimum atomic E-state index is -0.542. The number of Topliss-reactive ketones (excluding diaryl/α,β-unsaturated/α-hetero) is 1. The first-order chi connectivity index (χ1) is 16.2. The van der Waals surface area contributed by atoms with Gasteiger partial charge in [0, 0.05) is 22.4 Å². The normalized spacial score (nSPS) is 10.4. The Balaban J connectivity index is 1.51. The van der Waals surface area contributed by atoms with Gasteiger partial charge in [-0.25, -0.2) is 0 Å². The van der Waals surface area contributed by atoms with Crippen LogP contribution in [0.2, 0.25) is 0 Å². The fourth-order valence-electron chi connectivity index (χ4n) is 3.91. The Kier molecular flexibility index (Phi) is 5.41. The van der Waals surface area contributed by atoms with E-state index in [4.69, 9.17) is 0 Å². The Hall–Kier alpha value is -4.68. The molecule has 156 valence electrons. The molecule has 0 saturated carbocycles. The molecule has 0 aliphatic heterocycles. The molecule has 0 aliphatic rings. The van der Waals surface area contributed by atoms with Gasteiger partial charge in [-0.2, -0.15) is 0 Å². The fraction of sp³-hybridized carbons (Fsp3) is 0. The number of hydrogen-bond donors (Lipinski definition) is 1. The summed E-state index contributed by atoms with van der Waals surface area (Å²) in [4.78, 5) is 23.4. The van der Waals surface area contributed by atoms with Crippen molar-refractivity contribution in [3.05, 3.63) is 120 Å². The zero-order chi connectivity index (χ0) is 22.6. The number of fused-ring (bicyclic) bond motifs is 2. The van der Waals surface area contributed by atoms with Crippen LogP contribution < -0.4 is 5.32 Å². The van der Waals surface area contributed by atoms with Gasteiger partial charge in [0.25, 0.3) is 0 Å². The highest BCUT2D eigenvalue weighted by Crippen LogP contribution is 2.28. The van der Waals surface area contributed by atoms with E-state index < -0.39 is 5.78 Å². The summed E-state index contributed by atoms with van der Waals surface area (Å²) in [5.41, 5.74) is 3.70. The maximum absolute atomic E-state index is 12.2. The van der Waals surface area contributed by atoms with E-state index in [1.54, 1.807) is 6.07 Å². The Morgan fingerprint density at radius 3 is 2.27 bits per heavy atom. The highest BCUT2D eigenvalue weighted by molar-refractivity contribution is 6.36. The van der Waals surface area contributed by atoms with E-state index in [-0.39, 0.29) is 0 Å². The van der Waals surface area contributed by atoms with E-state index in [0.29, 0.717) is 11.8 Å². The van der Waals surface area contributed by atoms with Gasteiger partial charge in [-0.15, -0.1) is 0 Å². The first kappa shape index (κ1) is 20.2. The van der Waals surface area contributed by atoms with Gasteiger partial charge in [-0.3, -0.25) is 9.59 Å². The van der Waals surface area contributed by atoms with Crippen LogP contribution in [0.1, 0.15) is 21.5 Å². The smallest absolute Gasteiger partial charge is 0.226 e. The number of ketones is 1. The maximum atomic E-state index is 12.2. The number of rotatable bonds is 4. The minimum Gasteiger partial charge on any atom is -0.354 e. The maximum Gasteiger partial charge on any atom is 0.226 e. The third-order valence-electron chi connectivity index (χ3n) is 5.53. The molecule has 3 heteroatoms. The molecule has 5 aromatic carbocycles. The molecule has 33 heavy (non-hydrogen) atoms. The molecule has 0 bridgehead atoms. The summed E-state index contributed by atoms with van der Waals surface area (Å²) in [5, 5.41) is 7.35. The van der Waals surface area contributed by atoms with E-state index in [0.717, 1.165) is 38.7 Å². The molecular weight excluding hydrogens is 406 g/mol. The second kappa shape index (κ2) is 8.82. The molecule has 0 unspecified atom stereocenters. The molecule has 0 aromatic heterocycles. The molecule has 0 atom stereocenters. The monoisotopic (exact) mass is 425 g/mol. The van der Waals surface area contributed by atoms with E-state index >= 15 is 0 Å². The predicted molar refractivity (Wildman–Crippen MR) is 134 cm³/mol. The summed E-state index contributed by atoms with van der Waals surface area (Å²) in [7, 11) is 0. The molecule has 0 fully saturated rings. The van der Waals surface area contributed by atoms with Gasteiger partial charge in [0.05, 0.1) is 5.69 Å². The van der Waals surface area contributed by atoms with Crippen molar-refractivity contribution in [3.63, 3.8) is 0 Å². The molecule has 0 heterocycles. The summed E-state index contributed by atoms with van der Waals surface area (Å²) in [6.45, 7) is 0. The lowest BCUT2D eigenvalue weighted by atomic mass is 10.0. The molecule has 3 nitrogen and oxygen atoms in total. The van der Waals surface area contributed by atoms with Crippen LogP contribution in [0.3, 0.4) is 0 Å². The summed E-state index contributed by atoms with van der Waals surface area (Å²) in [6.07, 6.45) is 0.356. The number of para-hydroxylation sites is 1. The average Bonchev–Trinajstić information content (AvgIpc) is 2.87. The highest BCUT2D eigenvalue weighted by Gasteiger charge is 2.11. The van der Waals surface area contributed by atoms with Crippen molar-refractivity contribution >= 4 is 45.0 Å². The summed E-state index contributed by atoms with van der Waals surface area (Å²) >= 11 is 0. The molecule has 1 N–H and O–H groups in total. The van der Waals surface area contributed by atoms with Crippen molar-refractivity contribution in [1.82, 2.24) is 0 Å². The zero-order valence-electron chi connectivity index (χ0n) is 17.7. The van der Waals surface area contributed by atoms with Crippen LogP contribution in [0, 0.1) is 11.8 Å². The van der Waals surface area contributed by atoms with E-state index in [9.17, 15) is 9.59 Å². The van der Waals surface area contributed by atoms with E-state index in [1.165, 1.54) is 5.39 Å². The highest BCUT2D eigenvalue weighted by atomic mass is 16.2. The number of carbonyl (C=O) groups is 2. The number of anilines is 2. The van der Waals surface area contributed by atoms with Crippen LogP contribution in [-0.2, 0) is 4.79 Å². The standard InChI is InChI=1S/C30H19NO2/c32-20-30(33)28-19-26(18-25-10-3-5-11-27(25)28)31-29-12-6-4-8-23(29)16-14-21-13-15-22-7-1-2-9-24(22)17-21/h1-13,15,17-20,31H. The van der Waals surface area contributed by atoms with Gasteiger partial charge < -0.3 is 5.32 Å². The van der Waals surface area contributed by atoms with Gasteiger partial charge in [0.15, 0.2) is 6.29 Å². The van der Waals surface area contributed by atoms with Crippen LogP contribution in [0.4, 0.5) is 11.4 Å². The molecule has 5 aromatic rings. The lowest BCUT2D eigenvalue weighted by molar-refractivity contribution is -0.104. The Labute approximate surface area is 191 Å². The number of hydrogen-bond acceptors (Lipinski definition) is 3. The molecule has 0 radical (unpaired) electrons. The zero-order valence-corrected chi connectivity index (χ0v) is 17.7. The van der Waals surface area contributed by atoms with Crippen LogP contribution in [0.15, 0.2) is 103 Å². The molecule has 0 spiro atoms. The van der Waals surface area contributed by atoms with Crippen molar-refractivity contribution < 1.29 is 9.59 Å². The van der Waals surface area contributed by atoms with Crippen molar-refractivity contribution in [3.8, 4) is 11.8 Å². The topological polar surface area (TPSA) is 46.2 Å². The van der Waals surface area contributed by atoms with Crippen molar-refractivity contribution in [2.45, 2.75) is 0 Å². The van der Waals surface area contributed by atoms with Gasteiger partial charge in [-0.1, -0.05) is 78.6 Å². The summed E-state index contributed by atoms with van der Waals surface area (Å²) < 4.78 is 0. The van der Waals surface area contributed by atoms with Crippen LogP contribution in [0.5, 0.6) is 0 Å². The molecule has 0 aliphatic carbocycles. The van der Waals surface area contributed by atoms with Gasteiger partial charge in [0.2, 0.25) is 5.78 Å². The lowest BCUT2D eigenvalue weighted by Crippen LogP contribution is -2.03. The Bertz CT molecular complexity index is 1590. The predicted octanol–water partition coefficient (Wildman–Crippen LogP) is 6.52. The number of aldehydes is 1. The number of nitrogens with one attached hydrogen (secondary N) is 1. The SMILES string of the molecule is O=CC(=O)c1cc(Nc2ccccc2C#Cc2ccc3ccccc3c2)cc2ccccc12. The average molecular weight is 425 g/mol. The largest absolute Gasteiger partial charge is 0.354 e. The third-order valence-corrected chi connectivity index (χ3v) is 5.53. The second-order valence-electron chi connectivity index (χ2n) is 7.71. The van der Waals surface area contributed by atoms with E-state index in [2.05, 4.69) is 41.4 Å². The molecule has 0 saturated heterocycles. The number of benzene rings is 5. The van der Waals surface area contributed by atoms with Gasteiger partial charge in [0.1, 0.15) is 0 Å². The minimum absolute atomic E-state index is 0.356. The fourth-order valence-corrected chi connectivity index (χ4v) is 3.91. The van der Waals surface area contributed by atoms with Crippen LogP contribution in [-0.4, -0.2) is 12.1 Å². The first-order valence-corrected chi connectivity index (χ1v) is 10.6. The Morgan fingerprint density at radius 1 is 0.697 bits per heavy atom. The van der Waals surface area contributed by atoms with Crippen LogP contribution in [0.25, 0.3) is 21.5 Å². The van der Waals surface area contributed by atoms with Crippen molar-refractivity contribution in [2.24, 2.45) is 0 Å². The quantitative estimate of drug-likeness (QED) is 0.154. The van der Waals surface area contributed by atoms with Crippen LogP contribution >= 0.6 is 0 Å². The van der Waals surface area contributed by atoms with Crippen molar-refractivity contribution in [2.75, 3.05) is 5.32 Å². The van der Waals surface area contributed by atoms with Crippen molar-refractivity contribution in [1.29, 1.82) is 0 Å². The molecule has 5 rings (SSSR count). The summed E-state index contributed by atoms with van der Waals surface area (Å²) in [5.74, 6) is 5.98. The molecular formula is C30H19NO2. The lowest BCUT2D eigenvalue weighted by Gasteiger charge is -2.12. The summed E-state index contributed by atoms with van der Waals surface area (Å²) in [6, 6.07) is 33.4. The van der Waals surface area contributed by atoms with Gasteiger partial charge >= 0.3 is 0 Å². The Morgan fingerprint density at radius 2 is 1.42 bits per heavy atom. The first-order valence-electron chi connectivity index (χ1n) is 10.6. The van der Waals surface area contributed by atoms with Gasteiger partial charge in [-0.05, 0) is 57.9 Å². The second-order valence-corrected chi connectivity index (χ2v) is 7.71. The van der Waals surface area contributed by atoms with E-state index in [1.807, 2.05) is 72.8 Å².